The van der Waals surface area contributed by atoms with E-state index in [0.29, 0.717) is 18.8 Å². The number of amides is 2. The van der Waals surface area contributed by atoms with Gasteiger partial charge in [0.2, 0.25) is 0 Å². The van der Waals surface area contributed by atoms with Crippen molar-refractivity contribution in [2.45, 2.75) is 11.8 Å². The van der Waals surface area contributed by atoms with Crippen molar-refractivity contribution in [3.8, 4) is 5.75 Å². The van der Waals surface area contributed by atoms with Crippen LogP contribution >= 0.6 is 0 Å². The van der Waals surface area contributed by atoms with Crippen LogP contribution < -0.4 is 14.4 Å². The minimum Gasteiger partial charge on any atom is -0.379 e. The van der Waals surface area contributed by atoms with Gasteiger partial charge in [-0.2, -0.15) is 8.42 Å². The Bertz CT molecular complexity index is 907. The largest absolute Gasteiger partial charge is 0.379 e. The topological polar surface area (TPSA) is 75.7 Å². The van der Waals surface area contributed by atoms with Crippen molar-refractivity contribution in [1.82, 2.24) is 5.32 Å². The van der Waals surface area contributed by atoms with Crippen LogP contribution in [-0.2, 0) is 10.1 Å². The molecule has 1 saturated heterocycles. The van der Waals surface area contributed by atoms with Crippen LogP contribution in [0.2, 0.25) is 0 Å². The molecule has 1 aliphatic rings. The van der Waals surface area contributed by atoms with Crippen LogP contribution in [0.15, 0.2) is 41.3 Å². The molecule has 132 valence electrons. The number of nitrogens with one attached hydrogen (secondary N) is 1. The molecule has 3 rings (SSSR count). The number of urea groups is 1. The van der Waals surface area contributed by atoms with E-state index in [-0.39, 0.29) is 16.5 Å². The van der Waals surface area contributed by atoms with Gasteiger partial charge in [-0.3, -0.25) is 4.90 Å². The Morgan fingerprint density at radius 3 is 2.24 bits per heavy atom. The number of halogens is 2. The number of nitrogens with zero attached hydrogens (tertiary/aromatic N) is 1. The van der Waals surface area contributed by atoms with Crippen LogP contribution in [0.4, 0.5) is 19.3 Å². The molecular weight excluding hydrogens is 354 g/mol. The van der Waals surface area contributed by atoms with E-state index in [1.807, 2.05) is 0 Å². The monoisotopic (exact) mass is 368 g/mol. The molecular formula is C16H14F2N2O4S. The van der Waals surface area contributed by atoms with E-state index in [1.54, 1.807) is 0 Å². The fourth-order valence-electron chi connectivity index (χ4n) is 2.36. The van der Waals surface area contributed by atoms with Crippen LogP contribution in [0.1, 0.15) is 5.56 Å². The smallest absolute Gasteiger partial charge is 0.339 e. The Labute approximate surface area is 143 Å². The average molecular weight is 368 g/mol. The van der Waals surface area contributed by atoms with Gasteiger partial charge >= 0.3 is 16.1 Å². The highest BCUT2D eigenvalue weighted by atomic mass is 32.2. The van der Waals surface area contributed by atoms with Crippen molar-refractivity contribution < 1.29 is 26.2 Å². The third-order valence-electron chi connectivity index (χ3n) is 3.75. The molecule has 1 heterocycles. The van der Waals surface area contributed by atoms with E-state index in [2.05, 4.69) is 5.32 Å². The summed E-state index contributed by atoms with van der Waals surface area (Å²) in [7, 11) is -4.27. The van der Waals surface area contributed by atoms with E-state index in [0.717, 1.165) is 12.1 Å². The van der Waals surface area contributed by atoms with E-state index >= 15 is 0 Å². The van der Waals surface area contributed by atoms with Gasteiger partial charge in [0.1, 0.15) is 22.3 Å². The summed E-state index contributed by atoms with van der Waals surface area (Å²) >= 11 is 0. The summed E-state index contributed by atoms with van der Waals surface area (Å²) in [4.78, 5) is 12.9. The van der Waals surface area contributed by atoms with Crippen molar-refractivity contribution in [2.24, 2.45) is 0 Å². The standard InChI is InChI=1S/C16H14F2N2O4S/c1-10-14(17)8-12(9-15(10)18)24-25(22,23)13-4-2-11(3-5-13)20-7-6-19-16(20)21/h2-5,8-9H,6-7H2,1H3,(H,19,21). The Kier molecular flexibility index (Phi) is 4.34. The van der Waals surface area contributed by atoms with E-state index < -0.39 is 27.5 Å². The van der Waals surface area contributed by atoms with Gasteiger partial charge in [-0.15, -0.1) is 0 Å². The summed E-state index contributed by atoms with van der Waals surface area (Å²) in [5.41, 5.74) is 0.305. The maximum atomic E-state index is 13.5. The SMILES string of the molecule is Cc1c(F)cc(OS(=O)(=O)c2ccc(N3CCNC3=O)cc2)cc1F. The molecule has 0 bridgehead atoms. The summed E-state index contributed by atoms with van der Waals surface area (Å²) in [6.07, 6.45) is 0. The van der Waals surface area contributed by atoms with Crippen LogP contribution in [0.5, 0.6) is 5.75 Å². The predicted molar refractivity (Wildman–Crippen MR) is 86.1 cm³/mol. The number of carbonyl (C=O) groups is 1. The summed E-state index contributed by atoms with van der Waals surface area (Å²) in [6, 6.07) is 6.78. The van der Waals surface area contributed by atoms with Crippen LogP contribution in [0, 0.1) is 18.6 Å². The highest BCUT2D eigenvalue weighted by Gasteiger charge is 2.23. The predicted octanol–water partition coefficient (Wildman–Crippen LogP) is 2.57. The van der Waals surface area contributed by atoms with Crippen molar-refractivity contribution in [1.29, 1.82) is 0 Å². The molecule has 2 amide bonds. The fraction of sp³-hybridized carbons (Fsp3) is 0.188. The lowest BCUT2D eigenvalue weighted by Gasteiger charge is -2.14. The molecule has 0 aliphatic carbocycles. The van der Waals surface area contributed by atoms with Gasteiger partial charge in [0.15, 0.2) is 0 Å². The zero-order valence-electron chi connectivity index (χ0n) is 13.1. The molecule has 0 aromatic heterocycles. The molecule has 2 aromatic rings. The van der Waals surface area contributed by atoms with E-state index in [9.17, 15) is 22.0 Å². The summed E-state index contributed by atoms with van der Waals surface area (Å²) < 4.78 is 56.3. The highest BCUT2D eigenvalue weighted by Crippen LogP contribution is 2.25. The molecule has 1 N–H and O–H groups in total. The van der Waals surface area contributed by atoms with Crippen molar-refractivity contribution in [3.63, 3.8) is 0 Å². The lowest BCUT2D eigenvalue weighted by Crippen LogP contribution is -2.27. The first kappa shape index (κ1) is 17.2. The minimum absolute atomic E-state index is 0.197. The fourth-order valence-corrected chi connectivity index (χ4v) is 3.27. The van der Waals surface area contributed by atoms with Crippen molar-refractivity contribution in [3.05, 3.63) is 53.6 Å². The number of anilines is 1. The second-order valence-corrected chi connectivity index (χ2v) is 6.97. The van der Waals surface area contributed by atoms with Gasteiger partial charge in [-0.1, -0.05) is 0 Å². The zero-order valence-corrected chi connectivity index (χ0v) is 13.9. The molecule has 0 atom stereocenters. The highest BCUT2D eigenvalue weighted by molar-refractivity contribution is 7.87. The maximum absolute atomic E-state index is 13.5. The molecule has 0 saturated carbocycles. The van der Waals surface area contributed by atoms with Crippen molar-refractivity contribution in [2.75, 3.05) is 18.0 Å². The summed E-state index contributed by atoms with van der Waals surface area (Å²) in [5, 5.41) is 2.63. The zero-order chi connectivity index (χ0) is 18.2. The molecule has 0 radical (unpaired) electrons. The quantitative estimate of drug-likeness (QED) is 0.842. The lowest BCUT2D eigenvalue weighted by atomic mass is 10.2. The van der Waals surface area contributed by atoms with Gasteiger partial charge in [-0.05, 0) is 31.2 Å². The number of benzene rings is 2. The van der Waals surface area contributed by atoms with Gasteiger partial charge in [0, 0.05) is 36.5 Å². The third-order valence-corrected chi connectivity index (χ3v) is 5.02. The first-order chi connectivity index (χ1) is 11.8. The summed E-state index contributed by atoms with van der Waals surface area (Å²) in [5.74, 6) is -2.26. The van der Waals surface area contributed by atoms with Crippen LogP contribution in [0.25, 0.3) is 0 Å². The minimum atomic E-state index is -4.27. The lowest BCUT2D eigenvalue weighted by molar-refractivity contribution is 0.252. The van der Waals surface area contributed by atoms with Crippen LogP contribution in [0.3, 0.4) is 0 Å². The van der Waals surface area contributed by atoms with Gasteiger partial charge < -0.3 is 9.50 Å². The Hall–Kier alpha value is -2.68. The number of hydrogen-bond acceptors (Lipinski definition) is 4. The summed E-state index contributed by atoms with van der Waals surface area (Å²) in [6.45, 7) is 2.21. The molecule has 0 spiro atoms. The average Bonchev–Trinajstić information content (AvgIpc) is 2.98. The Morgan fingerprint density at radius 1 is 1.12 bits per heavy atom. The molecule has 1 aliphatic heterocycles. The molecule has 0 unspecified atom stereocenters. The van der Waals surface area contributed by atoms with Crippen molar-refractivity contribution >= 4 is 21.8 Å². The van der Waals surface area contributed by atoms with Gasteiger partial charge in [0.25, 0.3) is 0 Å². The van der Waals surface area contributed by atoms with E-state index in [4.69, 9.17) is 4.18 Å². The first-order valence-electron chi connectivity index (χ1n) is 7.33. The maximum Gasteiger partial charge on any atom is 0.339 e. The van der Waals surface area contributed by atoms with Gasteiger partial charge in [0.05, 0.1) is 0 Å². The number of hydrogen-bond donors (Lipinski definition) is 1. The molecule has 25 heavy (non-hydrogen) atoms. The second kappa shape index (κ2) is 6.32. The van der Waals surface area contributed by atoms with Crippen LogP contribution in [-0.4, -0.2) is 27.5 Å². The second-order valence-electron chi connectivity index (χ2n) is 5.43. The Balaban J connectivity index is 1.84. The Morgan fingerprint density at radius 2 is 1.72 bits per heavy atom. The molecule has 9 heteroatoms. The number of carbonyl (C=O) groups excluding carboxylic acids is 1. The first-order valence-corrected chi connectivity index (χ1v) is 8.74. The van der Waals surface area contributed by atoms with Gasteiger partial charge in [-0.25, -0.2) is 13.6 Å². The number of rotatable bonds is 4. The molecule has 2 aromatic carbocycles. The third kappa shape index (κ3) is 3.41. The normalized spacial score (nSPS) is 14.5. The molecule has 6 nitrogen and oxygen atoms in total. The van der Waals surface area contributed by atoms with E-state index in [1.165, 1.54) is 36.1 Å². The molecule has 1 fully saturated rings.